The molecule has 0 fully saturated rings. The molecule has 19 heavy (non-hydrogen) atoms. The SMILES string of the molecule is COC(=O)c1cc(N)n(-c2ccc(F)c(F)c2F)n1. The van der Waals surface area contributed by atoms with Crippen LogP contribution in [0.2, 0.25) is 0 Å². The summed E-state index contributed by atoms with van der Waals surface area (Å²) in [5.41, 5.74) is 4.95. The van der Waals surface area contributed by atoms with Crippen LogP contribution in [0.25, 0.3) is 5.69 Å². The maximum Gasteiger partial charge on any atom is 0.358 e. The van der Waals surface area contributed by atoms with Crippen molar-refractivity contribution in [3.8, 4) is 5.69 Å². The van der Waals surface area contributed by atoms with E-state index in [4.69, 9.17) is 5.73 Å². The van der Waals surface area contributed by atoms with Crippen LogP contribution in [0.3, 0.4) is 0 Å². The molecule has 0 bridgehead atoms. The molecule has 5 nitrogen and oxygen atoms in total. The smallest absolute Gasteiger partial charge is 0.358 e. The summed E-state index contributed by atoms with van der Waals surface area (Å²) in [6.45, 7) is 0. The van der Waals surface area contributed by atoms with Crippen LogP contribution in [0.4, 0.5) is 19.0 Å². The molecule has 0 atom stereocenters. The fraction of sp³-hybridized carbons (Fsp3) is 0.0909. The lowest BCUT2D eigenvalue weighted by molar-refractivity contribution is 0.0593. The molecular formula is C11H8F3N3O2. The molecule has 0 unspecified atom stereocenters. The minimum absolute atomic E-state index is 0.120. The van der Waals surface area contributed by atoms with E-state index in [1.54, 1.807) is 0 Å². The number of benzene rings is 1. The lowest BCUT2D eigenvalue weighted by atomic mass is 10.3. The highest BCUT2D eigenvalue weighted by Gasteiger charge is 2.19. The Morgan fingerprint density at radius 2 is 2.00 bits per heavy atom. The van der Waals surface area contributed by atoms with Crippen LogP contribution in [0.1, 0.15) is 10.5 Å². The second-order valence-corrected chi connectivity index (χ2v) is 3.55. The number of carbonyl (C=O) groups excluding carboxylic acids is 1. The van der Waals surface area contributed by atoms with E-state index >= 15 is 0 Å². The van der Waals surface area contributed by atoms with Crippen molar-refractivity contribution in [2.24, 2.45) is 0 Å². The predicted octanol–water partition coefficient (Wildman–Crippen LogP) is 1.66. The number of aromatic nitrogens is 2. The molecule has 1 aromatic carbocycles. The number of esters is 1. The van der Waals surface area contributed by atoms with Gasteiger partial charge in [0.05, 0.1) is 7.11 Å². The third kappa shape index (κ3) is 2.12. The molecule has 8 heteroatoms. The summed E-state index contributed by atoms with van der Waals surface area (Å²) in [6.07, 6.45) is 0. The molecule has 0 aliphatic rings. The Kier molecular flexibility index (Phi) is 3.16. The van der Waals surface area contributed by atoms with Crippen molar-refractivity contribution in [1.82, 2.24) is 9.78 Å². The molecule has 100 valence electrons. The van der Waals surface area contributed by atoms with E-state index in [1.807, 2.05) is 0 Å². The van der Waals surface area contributed by atoms with Crippen molar-refractivity contribution in [2.45, 2.75) is 0 Å². The molecule has 0 aliphatic heterocycles. The van der Waals surface area contributed by atoms with Crippen molar-refractivity contribution in [3.63, 3.8) is 0 Å². The van der Waals surface area contributed by atoms with E-state index < -0.39 is 29.1 Å². The average Bonchev–Trinajstić information content (AvgIpc) is 2.77. The number of hydrogen-bond donors (Lipinski definition) is 1. The first-order valence-electron chi connectivity index (χ1n) is 5.03. The predicted molar refractivity (Wildman–Crippen MR) is 59.2 cm³/mol. The Morgan fingerprint density at radius 3 is 2.63 bits per heavy atom. The van der Waals surface area contributed by atoms with E-state index in [0.29, 0.717) is 0 Å². The van der Waals surface area contributed by atoms with Crippen molar-refractivity contribution in [2.75, 3.05) is 12.8 Å². The number of hydrogen-bond acceptors (Lipinski definition) is 4. The van der Waals surface area contributed by atoms with Crippen LogP contribution < -0.4 is 5.73 Å². The Balaban J connectivity index is 2.57. The van der Waals surface area contributed by atoms with Crippen molar-refractivity contribution in [3.05, 3.63) is 41.3 Å². The minimum atomic E-state index is -1.65. The molecule has 2 aromatic rings. The lowest BCUT2D eigenvalue weighted by Crippen LogP contribution is -2.08. The Morgan fingerprint density at radius 1 is 1.32 bits per heavy atom. The average molecular weight is 271 g/mol. The zero-order chi connectivity index (χ0) is 14.2. The van der Waals surface area contributed by atoms with Gasteiger partial charge in [-0.1, -0.05) is 0 Å². The second-order valence-electron chi connectivity index (χ2n) is 3.55. The third-order valence-corrected chi connectivity index (χ3v) is 2.37. The maximum absolute atomic E-state index is 13.6. The fourth-order valence-electron chi connectivity index (χ4n) is 1.47. The zero-order valence-corrected chi connectivity index (χ0v) is 9.65. The highest BCUT2D eigenvalue weighted by atomic mass is 19.2. The van der Waals surface area contributed by atoms with Crippen LogP contribution in [-0.2, 0) is 4.74 Å². The first-order valence-corrected chi connectivity index (χ1v) is 5.03. The molecule has 1 heterocycles. The third-order valence-electron chi connectivity index (χ3n) is 2.37. The highest BCUT2D eigenvalue weighted by Crippen LogP contribution is 2.21. The molecule has 0 amide bonds. The molecule has 0 radical (unpaired) electrons. The standard InChI is InChI=1S/C11H8F3N3O2/c1-19-11(18)6-4-8(15)17(16-6)7-3-2-5(12)9(13)10(7)14/h2-4H,15H2,1H3. The summed E-state index contributed by atoms with van der Waals surface area (Å²) in [5.74, 6) is -5.34. The van der Waals surface area contributed by atoms with Gasteiger partial charge < -0.3 is 10.5 Å². The zero-order valence-electron chi connectivity index (χ0n) is 9.65. The number of nitrogens with zero attached hydrogens (tertiary/aromatic N) is 2. The highest BCUT2D eigenvalue weighted by molar-refractivity contribution is 5.88. The summed E-state index contributed by atoms with van der Waals surface area (Å²) in [5, 5.41) is 3.67. The first kappa shape index (κ1) is 12.9. The number of anilines is 1. The summed E-state index contributed by atoms with van der Waals surface area (Å²) >= 11 is 0. The molecule has 1 aromatic heterocycles. The molecule has 2 rings (SSSR count). The molecule has 0 saturated heterocycles. The minimum Gasteiger partial charge on any atom is -0.464 e. The first-order chi connectivity index (χ1) is 8.95. The normalized spacial score (nSPS) is 10.5. The van der Waals surface area contributed by atoms with Crippen LogP contribution in [0, 0.1) is 17.5 Å². The van der Waals surface area contributed by atoms with Crippen LogP contribution in [-0.4, -0.2) is 22.9 Å². The van der Waals surface area contributed by atoms with E-state index in [0.717, 1.165) is 30.0 Å². The van der Waals surface area contributed by atoms with Gasteiger partial charge in [-0.05, 0) is 12.1 Å². The van der Waals surface area contributed by atoms with Gasteiger partial charge in [-0.25, -0.2) is 22.6 Å². The van der Waals surface area contributed by atoms with E-state index in [2.05, 4.69) is 9.84 Å². The monoisotopic (exact) mass is 271 g/mol. The van der Waals surface area contributed by atoms with Gasteiger partial charge in [-0.2, -0.15) is 5.10 Å². The number of carbonyl (C=O) groups is 1. The van der Waals surface area contributed by atoms with Crippen molar-refractivity contribution < 1.29 is 22.7 Å². The quantitative estimate of drug-likeness (QED) is 0.666. The summed E-state index contributed by atoms with van der Waals surface area (Å²) < 4.78 is 44.7. The number of ether oxygens (including phenoxy) is 1. The lowest BCUT2D eigenvalue weighted by Gasteiger charge is -2.06. The van der Waals surface area contributed by atoms with Crippen LogP contribution in [0.15, 0.2) is 18.2 Å². The number of nitrogens with two attached hydrogens (primary N) is 1. The largest absolute Gasteiger partial charge is 0.464 e. The van der Waals surface area contributed by atoms with Crippen LogP contribution in [0.5, 0.6) is 0 Å². The molecule has 2 N–H and O–H groups in total. The molecule has 0 saturated carbocycles. The molecule has 0 spiro atoms. The van der Waals surface area contributed by atoms with Gasteiger partial charge >= 0.3 is 5.97 Å². The van der Waals surface area contributed by atoms with Gasteiger partial charge in [0, 0.05) is 6.07 Å². The topological polar surface area (TPSA) is 70.1 Å². The van der Waals surface area contributed by atoms with E-state index in [1.165, 1.54) is 0 Å². The number of nitrogen functional groups attached to an aromatic ring is 1. The fourth-order valence-corrected chi connectivity index (χ4v) is 1.47. The molecule has 0 aliphatic carbocycles. The Hall–Kier alpha value is -2.51. The maximum atomic E-state index is 13.6. The van der Waals surface area contributed by atoms with Crippen LogP contribution >= 0.6 is 0 Å². The summed E-state index contributed by atoms with van der Waals surface area (Å²) in [7, 11) is 1.13. The Bertz CT molecular complexity index is 655. The number of methoxy groups -OCH3 is 1. The summed E-state index contributed by atoms with van der Waals surface area (Å²) in [4.78, 5) is 11.2. The second kappa shape index (κ2) is 4.63. The molecular weight excluding hydrogens is 263 g/mol. The van der Waals surface area contributed by atoms with Crippen molar-refractivity contribution in [1.29, 1.82) is 0 Å². The van der Waals surface area contributed by atoms with E-state index in [9.17, 15) is 18.0 Å². The van der Waals surface area contributed by atoms with Gasteiger partial charge in [0.25, 0.3) is 0 Å². The van der Waals surface area contributed by atoms with Crippen molar-refractivity contribution >= 4 is 11.8 Å². The van der Waals surface area contributed by atoms with Gasteiger partial charge in [0.1, 0.15) is 11.5 Å². The van der Waals surface area contributed by atoms with Gasteiger partial charge in [-0.3, -0.25) is 0 Å². The Labute approximate surface area is 105 Å². The van der Waals surface area contributed by atoms with Gasteiger partial charge in [-0.15, -0.1) is 0 Å². The van der Waals surface area contributed by atoms with Gasteiger partial charge in [0.15, 0.2) is 23.1 Å². The number of rotatable bonds is 2. The van der Waals surface area contributed by atoms with E-state index in [-0.39, 0.29) is 11.5 Å². The number of halogens is 3. The summed E-state index contributed by atoms with van der Waals surface area (Å²) in [6, 6.07) is 2.82. The van der Waals surface area contributed by atoms with Gasteiger partial charge in [0.2, 0.25) is 0 Å².